The van der Waals surface area contributed by atoms with Crippen LogP contribution in [0.4, 0.5) is 0 Å². The number of nitrogens with one attached hydrogen (secondary N) is 1. The van der Waals surface area contributed by atoms with Gasteiger partial charge in [0.05, 0.1) is 23.9 Å². The van der Waals surface area contributed by atoms with E-state index >= 15 is 0 Å². The number of methoxy groups -OCH3 is 1. The van der Waals surface area contributed by atoms with Gasteiger partial charge in [0, 0.05) is 23.6 Å². The SMILES string of the molecule is CCCNC(Cc1cc(OC)ncn1)c1csc(C)n1. The molecule has 2 aromatic rings. The van der Waals surface area contributed by atoms with Crippen LogP contribution < -0.4 is 10.1 Å². The first-order valence-electron chi connectivity index (χ1n) is 6.73. The van der Waals surface area contributed by atoms with Crippen molar-refractivity contribution in [3.63, 3.8) is 0 Å². The molecule has 0 saturated carbocycles. The Hall–Kier alpha value is -1.53. The van der Waals surface area contributed by atoms with Crippen molar-refractivity contribution in [1.82, 2.24) is 20.3 Å². The van der Waals surface area contributed by atoms with Gasteiger partial charge in [0.2, 0.25) is 5.88 Å². The van der Waals surface area contributed by atoms with Gasteiger partial charge in [-0.05, 0) is 19.9 Å². The van der Waals surface area contributed by atoms with Gasteiger partial charge >= 0.3 is 0 Å². The highest BCUT2D eigenvalue weighted by atomic mass is 32.1. The monoisotopic (exact) mass is 292 g/mol. The molecule has 0 aliphatic heterocycles. The molecule has 0 aliphatic rings. The maximum atomic E-state index is 5.14. The van der Waals surface area contributed by atoms with Crippen LogP contribution in [-0.2, 0) is 6.42 Å². The lowest BCUT2D eigenvalue weighted by Crippen LogP contribution is -2.24. The Morgan fingerprint density at radius 2 is 2.25 bits per heavy atom. The molecule has 0 amide bonds. The summed E-state index contributed by atoms with van der Waals surface area (Å²) < 4.78 is 5.14. The van der Waals surface area contributed by atoms with Crippen molar-refractivity contribution in [2.45, 2.75) is 32.7 Å². The Balaban J connectivity index is 2.14. The average molecular weight is 292 g/mol. The first-order valence-corrected chi connectivity index (χ1v) is 7.61. The number of ether oxygens (including phenoxy) is 1. The van der Waals surface area contributed by atoms with Crippen molar-refractivity contribution in [3.8, 4) is 5.88 Å². The smallest absolute Gasteiger partial charge is 0.216 e. The molecule has 5 nitrogen and oxygen atoms in total. The third-order valence-electron chi connectivity index (χ3n) is 2.96. The molecule has 2 heterocycles. The summed E-state index contributed by atoms with van der Waals surface area (Å²) >= 11 is 1.68. The lowest BCUT2D eigenvalue weighted by molar-refractivity contribution is 0.395. The largest absolute Gasteiger partial charge is 0.481 e. The Bertz CT molecular complexity index is 543. The second-order valence-corrected chi connectivity index (χ2v) is 5.62. The van der Waals surface area contributed by atoms with E-state index < -0.39 is 0 Å². The summed E-state index contributed by atoms with van der Waals surface area (Å²) in [6, 6.07) is 2.05. The first-order chi connectivity index (χ1) is 9.72. The van der Waals surface area contributed by atoms with E-state index in [-0.39, 0.29) is 6.04 Å². The number of aromatic nitrogens is 3. The predicted octanol–water partition coefficient (Wildman–Crippen LogP) is 2.53. The number of thiazole rings is 1. The van der Waals surface area contributed by atoms with Crippen molar-refractivity contribution in [2.24, 2.45) is 0 Å². The fraction of sp³-hybridized carbons (Fsp3) is 0.500. The van der Waals surface area contributed by atoms with Gasteiger partial charge in [-0.1, -0.05) is 6.92 Å². The Morgan fingerprint density at radius 3 is 2.90 bits per heavy atom. The van der Waals surface area contributed by atoms with Gasteiger partial charge in [-0.2, -0.15) is 0 Å². The lowest BCUT2D eigenvalue weighted by atomic mass is 10.1. The Kier molecular flexibility index (Phi) is 5.43. The van der Waals surface area contributed by atoms with E-state index in [9.17, 15) is 0 Å². The Morgan fingerprint density at radius 1 is 1.40 bits per heavy atom. The van der Waals surface area contributed by atoms with Crippen LogP contribution in [-0.4, -0.2) is 28.6 Å². The van der Waals surface area contributed by atoms with Crippen LogP contribution in [0, 0.1) is 6.92 Å². The zero-order valence-corrected chi connectivity index (χ0v) is 12.9. The van der Waals surface area contributed by atoms with E-state index in [2.05, 4.69) is 32.6 Å². The number of hydrogen-bond donors (Lipinski definition) is 1. The average Bonchev–Trinajstić information content (AvgIpc) is 2.90. The maximum Gasteiger partial charge on any atom is 0.216 e. The zero-order chi connectivity index (χ0) is 14.4. The van der Waals surface area contributed by atoms with Crippen LogP contribution in [0.5, 0.6) is 5.88 Å². The molecule has 0 aromatic carbocycles. The fourth-order valence-corrected chi connectivity index (χ4v) is 2.62. The van der Waals surface area contributed by atoms with E-state index in [0.29, 0.717) is 5.88 Å². The zero-order valence-electron chi connectivity index (χ0n) is 12.1. The standard InChI is InChI=1S/C14H20N4OS/c1-4-5-15-12(13-8-20-10(2)18-13)6-11-7-14(19-3)17-9-16-11/h7-9,12,15H,4-6H2,1-3H3. The lowest BCUT2D eigenvalue weighted by Gasteiger charge is -2.16. The molecule has 1 N–H and O–H groups in total. The number of rotatable bonds is 7. The molecule has 108 valence electrons. The summed E-state index contributed by atoms with van der Waals surface area (Å²) in [6.45, 7) is 5.15. The molecule has 1 atom stereocenters. The minimum absolute atomic E-state index is 0.180. The number of hydrogen-bond acceptors (Lipinski definition) is 6. The molecule has 0 aliphatic carbocycles. The summed E-state index contributed by atoms with van der Waals surface area (Å²) in [5.41, 5.74) is 2.04. The summed E-state index contributed by atoms with van der Waals surface area (Å²) in [5.74, 6) is 0.596. The molecule has 6 heteroatoms. The molecule has 0 saturated heterocycles. The van der Waals surface area contributed by atoms with Crippen LogP contribution in [0.25, 0.3) is 0 Å². The highest BCUT2D eigenvalue weighted by molar-refractivity contribution is 7.09. The predicted molar refractivity (Wildman–Crippen MR) is 80.2 cm³/mol. The van der Waals surface area contributed by atoms with Gasteiger partial charge in [-0.25, -0.2) is 15.0 Å². The molecule has 0 fully saturated rings. The molecule has 0 bridgehead atoms. The fourth-order valence-electron chi connectivity index (χ4n) is 1.95. The second-order valence-electron chi connectivity index (χ2n) is 4.55. The van der Waals surface area contributed by atoms with Crippen molar-refractivity contribution >= 4 is 11.3 Å². The highest BCUT2D eigenvalue weighted by Gasteiger charge is 2.15. The molecule has 20 heavy (non-hydrogen) atoms. The minimum atomic E-state index is 0.180. The Labute approximate surface area is 123 Å². The van der Waals surface area contributed by atoms with E-state index in [0.717, 1.165) is 35.8 Å². The quantitative estimate of drug-likeness (QED) is 0.849. The van der Waals surface area contributed by atoms with Gasteiger partial charge in [0.25, 0.3) is 0 Å². The van der Waals surface area contributed by atoms with Crippen molar-refractivity contribution in [1.29, 1.82) is 0 Å². The molecule has 0 spiro atoms. The van der Waals surface area contributed by atoms with Gasteiger partial charge in [-0.3, -0.25) is 0 Å². The molecule has 2 rings (SSSR count). The van der Waals surface area contributed by atoms with Gasteiger partial charge < -0.3 is 10.1 Å². The van der Waals surface area contributed by atoms with Gasteiger partial charge in [0.15, 0.2) is 0 Å². The van der Waals surface area contributed by atoms with E-state index in [1.165, 1.54) is 6.33 Å². The topological polar surface area (TPSA) is 59.9 Å². The number of aryl methyl sites for hydroxylation is 1. The van der Waals surface area contributed by atoms with Crippen molar-refractivity contribution in [3.05, 3.63) is 34.2 Å². The second kappa shape index (κ2) is 7.31. The van der Waals surface area contributed by atoms with Gasteiger partial charge in [0.1, 0.15) is 6.33 Å². The van der Waals surface area contributed by atoms with Gasteiger partial charge in [-0.15, -0.1) is 11.3 Å². The molecule has 0 radical (unpaired) electrons. The summed E-state index contributed by atoms with van der Waals surface area (Å²) in [7, 11) is 1.61. The molecule has 1 unspecified atom stereocenters. The van der Waals surface area contributed by atoms with Crippen LogP contribution in [0.3, 0.4) is 0 Å². The molecule has 2 aromatic heterocycles. The van der Waals surface area contributed by atoms with Crippen LogP contribution in [0.2, 0.25) is 0 Å². The van der Waals surface area contributed by atoms with E-state index in [1.807, 2.05) is 13.0 Å². The van der Waals surface area contributed by atoms with Crippen LogP contribution in [0.1, 0.15) is 35.8 Å². The normalized spacial score (nSPS) is 12.3. The first kappa shape index (κ1) is 14.9. The minimum Gasteiger partial charge on any atom is -0.481 e. The number of nitrogens with zero attached hydrogens (tertiary/aromatic N) is 3. The van der Waals surface area contributed by atoms with Crippen LogP contribution >= 0.6 is 11.3 Å². The van der Waals surface area contributed by atoms with E-state index in [4.69, 9.17) is 4.74 Å². The summed E-state index contributed by atoms with van der Waals surface area (Å²) in [5, 5.41) is 6.73. The van der Waals surface area contributed by atoms with Crippen LogP contribution in [0.15, 0.2) is 17.8 Å². The highest BCUT2D eigenvalue weighted by Crippen LogP contribution is 2.20. The van der Waals surface area contributed by atoms with E-state index in [1.54, 1.807) is 18.4 Å². The maximum absolute atomic E-state index is 5.14. The molecular formula is C14H20N4OS. The third-order valence-corrected chi connectivity index (χ3v) is 3.75. The third kappa shape index (κ3) is 3.98. The van der Waals surface area contributed by atoms with Crippen molar-refractivity contribution in [2.75, 3.05) is 13.7 Å². The van der Waals surface area contributed by atoms with Crippen molar-refractivity contribution < 1.29 is 4.74 Å². The summed E-state index contributed by atoms with van der Waals surface area (Å²) in [6.07, 6.45) is 3.41. The molecular weight excluding hydrogens is 272 g/mol. The summed E-state index contributed by atoms with van der Waals surface area (Å²) in [4.78, 5) is 12.9.